The summed E-state index contributed by atoms with van der Waals surface area (Å²) in [5.41, 5.74) is 0. The first-order chi connectivity index (χ1) is 6.76. The average Bonchev–Trinajstić information content (AvgIpc) is 2.71. The van der Waals surface area contributed by atoms with Crippen LogP contribution < -0.4 is 5.32 Å². The van der Waals surface area contributed by atoms with Crippen molar-refractivity contribution in [3.8, 4) is 11.8 Å². The lowest BCUT2D eigenvalue weighted by Crippen LogP contribution is -2.25. The third kappa shape index (κ3) is 5.60. The van der Waals surface area contributed by atoms with Gasteiger partial charge in [0.05, 0.1) is 0 Å². The van der Waals surface area contributed by atoms with Gasteiger partial charge < -0.3 is 10.2 Å². The number of nitrogens with zero attached hydrogens (tertiary/aromatic N) is 1. The van der Waals surface area contributed by atoms with Crippen LogP contribution in [0.1, 0.15) is 26.7 Å². The van der Waals surface area contributed by atoms with Crippen LogP contribution in [0.2, 0.25) is 0 Å². The fourth-order valence-corrected chi connectivity index (χ4v) is 1.11. The maximum absolute atomic E-state index is 11.0. The molecule has 0 atom stereocenters. The Hall–Kier alpha value is -1.01. The van der Waals surface area contributed by atoms with Gasteiger partial charge in [-0.3, -0.25) is 4.79 Å². The second kappa shape index (κ2) is 8.58. The van der Waals surface area contributed by atoms with E-state index in [4.69, 9.17) is 0 Å². The zero-order valence-electron chi connectivity index (χ0n) is 9.39. The maximum atomic E-state index is 11.0. The summed E-state index contributed by atoms with van der Waals surface area (Å²) >= 11 is 0. The van der Waals surface area contributed by atoms with Crippen LogP contribution in [0.5, 0.6) is 0 Å². The molecule has 0 aromatic carbocycles. The molecule has 0 spiro atoms. The minimum atomic E-state index is -0.0139. The summed E-state index contributed by atoms with van der Waals surface area (Å²) in [5.74, 6) is 5.11. The van der Waals surface area contributed by atoms with Crippen molar-refractivity contribution in [2.24, 2.45) is 0 Å². The van der Waals surface area contributed by atoms with Crippen LogP contribution in [0.3, 0.4) is 0 Å². The predicted molar refractivity (Wildman–Crippen MR) is 58.9 cm³/mol. The average molecular weight is 196 g/mol. The molecule has 3 heteroatoms. The van der Waals surface area contributed by atoms with Crippen molar-refractivity contribution in [2.45, 2.75) is 26.7 Å². The van der Waals surface area contributed by atoms with Crippen LogP contribution in [0.4, 0.5) is 0 Å². The smallest absolute Gasteiger partial charge is 0.298 e. The van der Waals surface area contributed by atoms with Crippen molar-refractivity contribution < 1.29 is 4.79 Å². The third-order valence-electron chi connectivity index (χ3n) is 1.98. The Morgan fingerprint density at radius 2 is 1.93 bits per heavy atom. The molecule has 1 rings (SSSR count). The van der Waals surface area contributed by atoms with Crippen molar-refractivity contribution in [3.05, 3.63) is 0 Å². The van der Waals surface area contributed by atoms with Crippen molar-refractivity contribution in [2.75, 3.05) is 26.7 Å². The standard InChI is InChI=1S/C8H11NO.C3H9N/c1-2-5-8(10)9-6-3-4-7-9;1-3-4-2/h3-4,6-7H2,1H3;4H,3H2,1-2H3. The van der Waals surface area contributed by atoms with E-state index in [1.165, 1.54) is 0 Å². The molecule has 1 aliphatic rings. The fraction of sp³-hybridized carbons (Fsp3) is 0.727. The van der Waals surface area contributed by atoms with Crippen LogP contribution in [0.25, 0.3) is 0 Å². The highest BCUT2D eigenvalue weighted by Gasteiger charge is 2.14. The molecule has 80 valence electrons. The van der Waals surface area contributed by atoms with Gasteiger partial charge in [0.25, 0.3) is 5.91 Å². The Morgan fingerprint density at radius 3 is 2.29 bits per heavy atom. The molecule has 1 amide bonds. The Balaban J connectivity index is 0.000000364. The fourth-order valence-electron chi connectivity index (χ4n) is 1.11. The summed E-state index contributed by atoms with van der Waals surface area (Å²) in [4.78, 5) is 12.8. The van der Waals surface area contributed by atoms with Gasteiger partial charge in [0, 0.05) is 13.1 Å². The number of likely N-dealkylation sites (tertiary alicyclic amines) is 1. The van der Waals surface area contributed by atoms with E-state index < -0.39 is 0 Å². The van der Waals surface area contributed by atoms with Crippen molar-refractivity contribution in [1.29, 1.82) is 0 Å². The Morgan fingerprint density at radius 1 is 1.43 bits per heavy atom. The van der Waals surface area contributed by atoms with E-state index in [1.807, 2.05) is 7.05 Å². The quantitative estimate of drug-likeness (QED) is 0.631. The number of rotatable bonds is 1. The lowest BCUT2D eigenvalue weighted by Gasteiger charge is -2.09. The zero-order chi connectivity index (χ0) is 10.8. The Bertz CT molecular complexity index is 207. The van der Waals surface area contributed by atoms with Gasteiger partial charge in [0.2, 0.25) is 0 Å². The molecule has 0 aromatic heterocycles. The van der Waals surface area contributed by atoms with E-state index in [9.17, 15) is 4.79 Å². The van der Waals surface area contributed by atoms with Gasteiger partial charge in [-0.1, -0.05) is 12.8 Å². The summed E-state index contributed by atoms with van der Waals surface area (Å²) in [6.07, 6.45) is 2.27. The van der Waals surface area contributed by atoms with Gasteiger partial charge in [-0.15, -0.1) is 0 Å². The van der Waals surface area contributed by atoms with E-state index in [0.29, 0.717) is 0 Å². The first-order valence-electron chi connectivity index (χ1n) is 5.12. The monoisotopic (exact) mass is 196 g/mol. The van der Waals surface area contributed by atoms with Gasteiger partial charge in [-0.2, -0.15) is 0 Å². The molecule has 1 saturated heterocycles. The van der Waals surface area contributed by atoms with Gasteiger partial charge in [-0.05, 0) is 39.3 Å². The molecule has 0 radical (unpaired) electrons. The topological polar surface area (TPSA) is 32.3 Å². The maximum Gasteiger partial charge on any atom is 0.298 e. The summed E-state index contributed by atoms with van der Waals surface area (Å²) in [6.45, 7) is 6.62. The molecule has 3 nitrogen and oxygen atoms in total. The van der Waals surface area contributed by atoms with Crippen molar-refractivity contribution >= 4 is 5.91 Å². The highest BCUT2D eigenvalue weighted by molar-refractivity contribution is 5.93. The molecular weight excluding hydrogens is 176 g/mol. The molecule has 1 fully saturated rings. The normalized spacial score (nSPS) is 13.8. The number of amides is 1. The molecule has 0 unspecified atom stereocenters. The van der Waals surface area contributed by atoms with Gasteiger partial charge >= 0.3 is 0 Å². The van der Waals surface area contributed by atoms with Crippen LogP contribution >= 0.6 is 0 Å². The molecule has 0 saturated carbocycles. The molecule has 1 aliphatic heterocycles. The van der Waals surface area contributed by atoms with Crippen LogP contribution in [0.15, 0.2) is 0 Å². The van der Waals surface area contributed by atoms with E-state index in [2.05, 4.69) is 24.1 Å². The Labute approximate surface area is 86.9 Å². The molecule has 1 heterocycles. The molecule has 14 heavy (non-hydrogen) atoms. The molecule has 0 bridgehead atoms. The summed E-state index contributed by atoms with van der Waals surface area (Å²) in [6, 6.07) is 0. The van der Waals surface area contributed by atoms with Crippen LogP contribution in [0, 0.1) is 11.8 Å². The van der Waals surface area contributed by atoms with Gasteiger partial charge in [-0.25, -0.2) is 0 Å². The number of carbonyl (C=O) groups is 1. The lowest BCUT2D eigenvalue weighted by molar-refractivity contribution is -0.124. The first kappa shape index (κ1) is 13.0. The number of hydrogen-bond acceptors (Lipinski definition) is 2. The molecule has 0 aromatic rings. The molecule has 0 aliphatic carbocycles. The molecule has 1 N–H and O–H groups in total. The van der Waals surface area contributed by atoms with Crippen LogP contribution in [-0.2, 0) is 4.79 Å². The lowest BCUT2D eigenvalue weighted by atomic mass is 10.4. The van der Waals surface area contributed by atoms with E-state index >= 15 is 0 Å². The minimum absolute atomic E-state index is 0.0139. The number of hydrogen-bond donors (Lipinski definition) is 1. The van der Waals surface area contributed by atoms with E-state index in [-0.39, 0.29) is 5.91 Å². The zero-order valence-corrected chi connectivity index (χ0v) is 9.39. The van der Waals surface area contributed by atoms with Crippen molar-refractivity contribution in [3.63, 3.8) is 0 Å². The highest BCUT2D eigenvalue weighted by atomic mass is 16.2. The van der Waals surface area contributed by atoms with E-state index in [0.717, 1.165) is 32.5 Å². The second-order valence-corrected chi connectivity index (χ2v) is 3.08. The summed E-state index contributed by atoms with van der Waals surface area (Å²) < 4.78 is 0. The third-order valence-corrected chi connectivity index (χ3v) is 1.98. The van der Waals surface area contributed by atoms with Gasteiger partial charge in [0.1, 0.15) is 0 Å². The Kier molecular flexibility index (Phi) is 7.96. The largest absolute Gasteiger partial charge is 0.332 e. The van der Waals surface area contributed by atoms with Gasteiger partial charge in [0.15, 0.2) is 0 Å². The summed E-state index contributed by atoms with van der Waals surface area (Å²) in [5, 5.41) is 2.93. The first-order valence-corrected chi connectivity index (χ1v) is 5.12. The number of nitrogens with one attached hydrogen (secondary N) is 1. The number of carbonyl (C=O) groups excluding carboxylic acids is 1. The SMILES string of the molecule is CC#CC(=O)N1CCCC1.CCNC. The second-order valence-electron chi connectivity index (χ2n) is 3.08. The summed E-state index contributed by atoms with van der Waals surface area (Å²) in [7, 11) is 1.93. The predicted octanol–water partition coefficient (Wildman–Crippen LogP) is 0.858. The minimum Gasteiger partial charge on any atom is -0.332 e. The van der Waals surface area contributed by atoms with Crippen molar-refractivity contribution in [1.82, 2.24) is 10.2 Å². The van der Waals surface area contributed by atoms with Crippen LogP contribution in [-0.4, -0.2) is 37.5 Å². The highest BCUT2D eigenvalue weighted by Crippen LogP contribution is 2.06. The van der Waals surface area contributed by atoms with E-state index in [1.54, 1.807) is 11.8 Å². The molecular formula is C11H20N2O.